The number of ketones is 2. The zero-order valence-corrected chi connectivity index (χ0v) is 10.3. The van der Waals surface area contributed by atoms with E-state index < -0.39 is 11.6 Å². The van der Waals surface area contributed by atoms with Gasteiger partial charge < -0.3 is 14.3 Å². The number of phenols is 1. The monoisotopic (exact) mass is 260 g/mol. The lowest BCUT2D eigenvalue weighted by atomic mass is 10.0. The van der Waals surface area contributed by atoms with Crippen LogP contribution in [0, 0.1) is 0 Å². The summed E-state index contributed by atoms with van der Waals surface area (Å²) in [6.07, 6.45) is 1.01. The van der Waals surface area contributed by atoms with Crippen LogP contribution in [0.25, 0.3) is 0 Å². The highest BCUT2D eigenvalue weighted by Gasteiger charge is 2.18. The first-order chi connectivity index (χ1) is 9.11. The summed E-state index contributed by atoms with van der Waals surface area (Å²) in [6, 6.07) is 7.35. The molecule has 0 fully saturated rings. The molecule has 5 nitrogen and oxygen atoms in total. The topological polar surface area (TPSA) is 76.7 Å². The van der Waals surface area contributed by atoms with Crippen LogP contribution >= 0.6 is 0 Å². The van der Waals surface area contributed by atoms with Crippen LogP contribution in [0.5, 0.6) is 11.5 Å². The molecule has 0 saturated carbocycles. The van der Waals surface area contributed by atoms with Crippen molar-refractivity contribution in [3.05, 3.63) is 47.9 Å². The predicted molar refractivity (Wildman–Crippen MR) is 66.6 cm³/mol. The Balaban J connectivity index is 2.14. The first-order valence-corrected chi connectivity index (χ1v) is 5.58. The number of furan rings is 1. The lowest BCUT2D eigenvalue weighted by Crippen LogP contribution is -2.08. The highest BCUT2D eigenvalue weighted by molar-refractivity contribution is 6.13. The SMILES string of the molecule is COc1ccc(C(=O)CC(=O)c2ccco2)c(O)c1. The molecule has 0 aliphatic heterocycles. The highest BCUT2D eigenvalue weighted by atomic mass is 16.5. The Morgan fingerprint density at radius 1 is 1.26 bits per heavy atom. The molecule has 1 aromatic carbocycles. The molecule has 5 heteroatoms. The standard InChI is InChI=1S/C14H12O5/c1-18-9-4-5-10(11(15)7-9)12(16)8-13(17)14-3-2-6-19-14/h2-7,15H,8H2,1H3. The highest BCUT2D eigenvalue weighted by Crippen LogP contribution is 2.24. The Hall–Kier alpha value is -2.56. The fraction of sp³-hybridized carbons (Fsp3) is 0.143. The summed E-state index contributed by atoms with van der Waals surface area (Å²) in [7, 11) is 1.46. The molecule has 0 unspecified atom stereocenters. The first-order valence-electron chi connectivity index (χ1n) is 5.58. The van der Waals surface area contributed by atoms with Crippen molar-refractivity contribution in [2.45, 2.75) is 6.42 Å². The van der Waals surface area contributed by atoms with Gasteiger partial charge in [-0.3, -0.25) is 9.59 Å². The quantitative estimate of drug-likeness (QED) is 0.660. The molecule has 0 bridgehead atoms. The Labute approximate surface area is 109 Å². The van der Waals surface area contributed by atoms with Gasteiger partial charge in [0, 0.05) is 6.07 Å². The molecule has 0 amide bonds. The third-order valence-corrected chi connectivity index (χ3v) is 2.62. The number of benzene rings is 1. The van der Waals surface area contributed by atoms with E-state index in [1.165, 1.54) is 31.6 Å². The van der Waals surface area contributed by atoms with Gasteiger partial charge in [0.15, 0.2) is 11.5 Å². The van der Waals surface area contributed by atoms with Crippen molar-refractivity contribution in [2.24, 2.45) is 0 Å². The second kappa shape index (κ2) is 5.39. The lowest BCUT2D eigenvalue weighted by molar-refractivity contribution is 0.0877. The Kier molecular flexibility index (Phi) is 3.66. The minimum Gasteiger partial charge on any atom is -0.507 e. The average molecular weight is 260 g/mol. The van der Waals surface area contributed by atoms with Crippen LogP contribution in [0.15, 0.2) is 41.0 Å². The molecule has 2 aromatic rings. The van der Waals surface area contributed by atoms with Gasteiger partial charge in [0.2, 0.25) is 5.78 Å². The van der Waals surface area contributed by atoms with Crippen LogP contribution in [-0.4, -0.2) is 23.8 Å². The summed E-state index contributed by atoms with van der Waals surface area (Å²) in [5.74, 6) is -0.545. The Bertz CT molecular complexity index is 598. The summed E-state index contributed by atoms with van der Waals surface area (Å²) >= 11 is 0. The van der Waals surface area contributed by atoms with Crippen molar-refractivity contribution in [3.63, 3.8) is 0 Å². The third kappa shape index (κ3) is 2.82. The van der Waals surface area contributed by atoms with Crippen LogP contribution in [0.1, 0.15) is 27.3 Å². The summed E-state index contributed by atoms with van der Waals surface area (Å²) in [4.78, 5) is 23.6. The van der Waals surface area contributed by atoms with Gasteiger partial charge >= 0.3 is 0 Å². The maximum absolute atomic E-state index is 11.9. The Morgan fingerprint density at radius 2 is 2.05 bits per heavy atom. The molecule has 1 N–H and O–H groups in total. The van der Waals surface area contributed by atoms with Crippen LogP contribution in [-0.2, 0) is 0 Å². The van der Waals surface area contributed by atoms with E-state index in [1.807, 2.05) is 0 Å². The first kappa shape index (κ1) is 12.9. The summed E-state index contributed by atoms with van der Waals surface area (Å²) in [5, 5.41) is 9.70. The number of aromatic hydroxyl groups is 1. The van der Waals surface area contributed by atoms with E-state index in [4.69, 9.17) is 9.15 Å². The predicted octanol–water partition coefficient (Wildman–Crippen LogP) is 2.45. The molecule has 0 atom stereocenters. The van der Waals surface area contributed by atoms with Crippen molar-refractivity contribution in [1.29, 1.82) is 0 Å². The van der Waals surface area contributed by atoms with E-state index in [0.717, 1.165) is 0 Å². The number of Topliss-reactive ketones (excluding diaryl/α,β-unsaturated/α-hetero) is 2. The molecule has 19 heavy (non-hydrogen) atoms. The number of methoxy groups -OCH3 is 1. The van der Waals surface area contributed by atoms with Gasteiger partial charge in [0.05, 0.1) is 25.4 Å². The van der Waals surface area contributed by atoms with Crippen molar-refractivity contribution in [2.75, 3.05) is 7.11 Å². The number of ether oxygens (including phenoxy) is 1. The number of phenolic OH excluding ortho intramolecular Hbond substituents is 1. The molecule has 0 aliphatic rings. The molecular weight excluding hydrogens is 248 g/mol. The van der Waals surface area contributed by atoms with Gasteiger partial charge in [0.25, 0.3) is 0 Å². The van der Waals surface area contributed by atoms with Crippen molar-refractivity contribution in [1.82, 2.24) is 0 Å². The van der Waals surface area contributed by atoms with Gasteiger partial charge in [-0.05, 0) is 24.3 Å². The van der Waals surface area contributed by atoms with Crippen LogP contribution in [0.2, 0.25) is 0 Å². The number of hydrogen-bond acceptors (Lipinski definition) is 5. The molecule has 0 spiro atoms. The molecule has 98 valence electrons. The third-order valence-electron chi connectivity index (χ3n) is 2.62. The molecule has 0 radical (unpaired) electrons. The minimum absolute atomic E-state index is 0.0840. The van der Waals surface area contributed by atoms with Gasteiger partial charge in [-0.2, -0.15) is 0 Å². The van der Waals surface area contributed by atoms with Crippen LogP contribution in [0.4, 0.5) is 0 Å². The Morgan fingerprint density at radius 3 is 2.63 bits per heavy atom. The molecule has 0 aliphatic carbocycles. The number of hydrogen-bond donors (Lipinski definition) is 1. The molecule has 2 rings (SSSR count). The fourth-order valence-corrected chi connectivity index (χ4v) is 1.64. The second-order valence-corrected chi connectivity index (χ2v) is 3.88. The van der Waals surface area contributed by atoms with E-state index in [2.05, 4.69) is 0 Å². The minimum atomic E-state index is -0.471. The summed E-state index contributed by atoms with van der Waals surface area (Å²) in [5.41, 5.74) is 0.0840. The second-order valence-electron chi connectivity index (χ2n) is 3.88. The number of carbonyl (C=O) groups is 2. The van der Waals surface area contributed by atoms with Crippen molar-refractivity contribution in [3.8, 4) is 11.5 Å². The maximum Gasteiger partial charge on any atom is 0.205 e. The number of carbonyl (C=O) groups excluding carboxylic acids is 2. The molecule has 1 heterocycles. The van der Waals surface area contributed by atoms with E-state index in [-0.39, 0.29) is 23.5 Å². The maximum atomic E-state index is 11.9. The fourth-order valence-electron chi connectivity index (χ4n) is 1.64. The zero-order valence-electron chi connectivity index (χ0n) is 10.3. The van der Waals surface area contributed by atoms with E-state index in [1.54, 1.807) is 12.1 Å². The molecule has 1 aromatic heterocycles. The van der Waals surface area contributed by atoms with Crippen LogP contribution in [0.3, 0.4) is 0 Å². The lowest BCUT2D eigenvalue weighted by Gasteiger charge is -2.05. The van der Waals surface area contributed by atoms with E-state index in [0.29, 0.717) is 5.75 Å². The average Bonchev–Trinajstić information content (AvgIpc) is 2.92. The van der Waals surface area contributed by atoms with E-state index >= 15 is 0 Å². The van der Waals surface area contributed by atoms with Gasteiger partial charge in [-0.15, -0.1) is 0 Å². The normalized spacial score (nSPS) is 10.2. The number of rotatable bonds is 5. The van der Waals surface area contributed by atoms with Crippen molar-refractivity contribution >= 4 is 11.6 Å². The van der Waals surface area contributed by atoms with Crippen LogP contribution < -0.4 is 4.74 Å². The van der Waals surface area contributed by atoms with Gasteiger partial charge in [-0.25, -0.2) is 0 Å². The smallest absolute Gasteiger partial charge is 0.205 e. The molecular formula is C14H12O5. The summed E-state index contributed by atoms with van der Waals surface area (Å²) < 4.78 is 9.83. The van der Waals surface area contributed by atoms with E-state index in [9.17, 15) is 14.7 Å². The largest absolute Gasteiger partial charge is 0.507 e. The van der Waals surface area contributed by atoms with Gasteiger partial charge in [-0.1, -0.05) is 0 Å². The summed E-state index contributed by atoms with van der Waals surface area (Å²) in [6.45, 7) is 0. The van der Waals surface area contributed by atoms with Gasteiger partial charge in [0.1, 0.15) is 11.5 Å². The molecule has 0 saturated heterocycles. The van der Waals surface area contributed by atoms with Crippen molar-refractivity contribution < 1.29 is 23.8 Å². The zero-order chi connectivity index (χ0) is 13.8.